The normalized spacial score (nSPS) is 11.4. The number of ether oxygens (including phenoxy) is 2. The number of carbonyl (C=O) groups excluding carboxylic acids is 1. The van der Waals surface area contributed by atoms with Gasteiger partial charge in [-0.3, -0.25) is 0 Å². The Balaban J connectivity index is 2.36. The molecule has 1 rings (SSSR count). The maximum Gasteiger partial charge on any atom is 0.411 e. The number of hydrogen-bond acceptors (Lipinski definition) is 6. The molecule has 0 radical (unpaired) electrons. The van der Waals surface area contributed by atoms with Crippen LogP contribution in [0.5, 0.6) is 0 Å². The predicted molar refractivity (Wildman–Crippen MR) is 63.6 cm³/mol. The lowest BCUT2D eigenvalue weighted by Crippen LogP contribution is -2.20. The second-order valence-corrected chi connectivity index (χ2v) is 4.52. The molecule has 1 aromatic rings. The molecule has 0 atom stereocenters. The highest BCUT2D eigenvalue weighted by Crippen LogP contribution is 2.23. The van der Waals surface area contributed by atoms with Gasteiger partial charge in [0.2, 0.25) is 0 Å². The van der Waals surface area contributed by atoms with E-state index in [1.165, 1.54) is 7.11 Å². The van der Waals surface area contributed by atoms with Crippen molar-refractivity contribution >= 4 is 22.4 Å². The average molecular weight is 298 g/mol. The van der Waals surface area contributed by atoms with E-state index in [1.54, 1.807) is 6.92 Å². The number of nitrogens with one attached hydrogen (secondary N) is 1. The monoisotopic (exact) mass is 298 g/mol. The Hall–Kier alpha value is -1.35. The van der Waals surface area contributed by atoms with Crippen molar-refractivity contribution in [3.05, 3.63) is 10.6 Å². The highest BCUT2D eigenvalue weighted by atomic mass is 32.1. The Kier molecular flexibility index (Phi) is 5.55. The van der Waals surface area contributed by atoms with E-state index < -0.39 is 18.8 Å². The van der Waals surface area contributed by atoms with Gasteiger partial charge in [0, 0.05) is 6.54 Å². The summed E-state index contributed by atoms with van der Waals surface area (Å²) in [5, 5.41) is 3.22. The van der Waals surface area contributed by atoms with Crippen molar-refractivity contribution < 1.29 is 27.4 Å². The maximum atomic E-state index is 11.8. The smallest absolute Gasteiger partial charge is 0.411 e. The van der Waals surface area contributed by atoms with Crippen molar-refractivity contribution in [3.8, 4) is 0 Å². The molecular formula is C10H13F3N2O3S. The zero-order valence-electron chi connectivity index (χ0n) is 10.3. The van der Waals surface area contributed by atoms with Gasteiger partial charge in [-0.05, 0) is 6.92 Å². The number of rotatable bonds is 6. The molecule has 1 aromatic heterocycles. The summed E-state index contributed by atoms with van der Waals surface area (Å²) in [7, 11) is 1.26. The largest absolute Gasteiger partial charge is 0.465 e. The molecular weight excluding hydrogens is 285 g/mol. The first kappa shape index (κ1) is 15.7. The van der Waals surface area contributed by atoms with E-state index in [4.69, 9.17) is 0 Å². The minimum atomic E-state index is -4.32. The first-order valence-electron chi connectivity index (χ1n) is 5.27. The van der Waals surface area contributed by atoms with Crippen molar-refractivity contribution in [1.29, 1.82) is 0 Å². The van der Waals surface area contributed by atoms with E-state index in [2.05, 4.69) is 19.8 Å². The van der Waals surface area contributed by atoms with Crippen molar-refractivity contribution in [2.24, 2.45) is 0 Å². The van der Waals surface area contributed by atoms with Crippen LogP contribution in [-0.4, -0.2) is 44.0 Å². The summed E-state index contributed by atoms with van der Waals surface area (Å²) in [4.78, 5) is 15.7. The molecule has 0 saturated carbocycles. The van der Waals surface area contributed by atoms with Crippen molar-refractivity contribution in [1.82, 2.24) is 4.98 Å². The Morgan fingerprint density at radius 1 is 1.47 bits per heavy atom. The van der Waals surface area contributed by atoms with E-state index in [9.17, 15) is 18.0 Å². The third kappa shape index (κ3) is 5.43. The fourth-order valence-electron chi connectivity index (χ4n) is 1.17. The van der Waals surface area contributed by atoms with Crippen molar-refractivity contribution in [2.45, 2.75) is 13.1 Å². The van der Waals surface area contributed by atoms with Crippen LogP contribution < -0.4 is 5.32 Å². The van der Waals surface area contributed by atoms with Crippen LogP contribution in [-0.2, 0) is 9.47 Å². The Morgan fingerprint density at radius 3 is 2.74 bits per heavy atom. The standard InChI is InChI=1S/C10H13F3N2O3S/c1-6-7(8(16)17-2)19-9(15-6)14-3-4-18-5-10(11,12)13/h3-5H2,1-2H3,(H,14,15). The zero-order chi connectivity index (χ0) is 14.5. The highest BCUT2D eigenvalue weighted by Gasteiger charge is 2.27. The highest BCUT2D eigenvalue weighted by molar-refractivity contribution is 7.17. The van der Waals surface area contributed by atoms with Crippen molar-refractivity contribution in [3.63, 3.8) is 0 Å². The van der Waals surface area contributed by atoms with Gasteiger partial charge in [-0.25, -0.2) is 9.78 Å². The third-order valence-electron chi connectivity index (χ3n) is 1.96. The van der Waals surface area contributed by atoms with Crippen LogP contribution in [0.1, 0.15) is 15.4 Å². The van der Waals surface area contributed by atoms with Gasteiger partial charge in [-0.1, -0.05) is 11.3 Å². The van der Waals surface area contributed by atoms with Gasteiger partial charge in [0.1, 0.15) is 11.5 Å². The maximum absolute atomic E-state index is 11.8. The lowest BCUT2D eigenvalue weighted by Gasteiger charge is -2.07. The topological polar surface area (TPSA) is 60.5 Å². The molecule has 0 aromatic carbocycles. The number of alkyl halides is 3. The lowest BCUT2D eigenvalue weighted by molar-refractivity contribution is -0.172. The summed E-state index contributed by atoms with van der Waals surface area (Å²) < 4.78 is 44.3. The van der Waals surface area contributed by atoms with E-state index in [-0.39, 0.29) is 13.2 Å². The molecule has 9 heteroatoms. The molecule has 108 valence electrons. The summed E-state index contributed by atoms with van der Waals surface area (Å²) in [6.07, 6.45) is -4.32. The SMILES string of the molecule is COC(=O)c1sc(NCCOCC(F)(F)F)nc1C. The number of carbonyl (C=O) groups is 1. The molecule has 19 heavy (non-hydrogen) atoms. The molecule has 0 saturated heterocycles. The van der Waals surface area contributed by atoms with Gasteiger partial charge in [0.05, 0.1) is 19.4 Å². The minimum absolute atomic E-state index is 0.105. The first-order valence-corrected chi connectivity index (χ1v) is 6.09. The number of halogens is 3. The number of aryl methyl sites for hydroxylation is 1. The van der Waals surface area contributed by atoms with Crippen LogP contribution in [0.15, 0.2) is 0 Å². The number of nitrogens with zero attached hydrogens (tertiary/aromatic N) is 1. The fraction of sp³-hybridized carbons (Fsp3) is 0.600. The first-order chi connectivity index (χ1) is 8.83. The third-order valence-corrected chi connectivity index (χ3v) is 3.05. The second-order valence-electron chi connectivity index (χ2n) is 3.52. The number of esters is 1. The molecule has 0 unspecified atom stereocenters. The predicted octanol–water partition coefficient (Wildman–Crippen LogP) is 2.23. The quantitative estimate of drug-likeness (QED) is 0.644. The van der Waals surface area contributed by atoms with Gasteiger partial charge in [-0.15, -0.1) is 0 Å². The van der Waals surface area contributed by atoms with Gasteiger partial charge in [0.25, 0.3) is 0 Å². The second kappa shape index (κ2) is 6.71. The van der Waals surface area contributed by atoms with Gasteiger partial charge >= 0.3 is 12.1 Å². The molecule has 5 nitrogen and oxygen atoms in total. The van der Waals surface area contributed by atoms with Crippen molar-refractivity contribution in [2.75, 3.05) is 32.2 Å². The minimum Gasteiger partial charge on any atom is -0.465 e. The molecule has 0 fully saturated rings. The molecule has 0 aliphatic carbocycles. The van der Waals surface area contributed by atoms with Crippen LogP contribution in [0.2, 0.25) is 0 Å². The number of anilines is 1. The Morgan fingerprint density at radius 2 is 2.16 bits per heavy atom. The molecule has 1 N–H and O–H groups in total. The number of methoxy groups -OCH3 is 1. The summed E-state index contributed by atoms with van der Waals surface area (Å²) in [6, 6.07) is 0. The summed E-state index contributed by atoms with van der Waals surface area (Å²) in [5.74, 6) is -0.489. The Labute approximate surface area is 111 Å². The molecule has 0 aliphatic heterocycles. The van der Waals surface area contributed by atoms with E-state index in [0.717, 1.165) is 11.3 Å². The van der Waals surface area contributed by atoms with Gasteiger partial charge in [-0.2, -0.15) is 13.2 Å². The summed E-state index contributed by atoms with van der Waals surface area (Å²) in [5.41, 5.74) is 0.510. The Bertz CT molecular complexity index is 434. The number of thiazole rings is 1. The fourth-order valence-corrected chi connectivity index (χ4v) is 2.08. The molecule has 1 heterocycles. The summed E-state index contributed by atoms with van der Waals surface area (Å²) >= 11 is 1.08. The summed E-state index contributed by atoms with van der Waals surface area (Å²) in [6.45, 7) is 0.433. The molecule has 0 aliphatic rings. The molecule has 0 spiro atoms. The van der Waals surface area contributed by atoms with Crippen LogP contribution in [0.25, 0.3) is 0 Å². The molecule has 0 bridgehead atoms. The number of hydrogen-bond donors (Lipinski definition) is 1. The van der Waals surface area contributed by atoms with Gasteiger partial charge < -0.3 is 14.8 Å². The van der Waals surface area contributed by atoms with Crippen LogP contribution in [0, 0.1) is 6.92 Å². The van der Waals surface area contributed by atoms with E-state index in [1.807, 2.05) is 0 Å². The van der Waals surface area contributed by atoms with Crippen LogP contribution in [0.3, 0.4) is 0 Å². The van der Waals surface area contributed by atoms with Gasteiger partial charge in [0.15, 0.2) is 5.13 Å². The molecule has 0 amide bonds. The zero-order valence-corrected chi connectivity index (χ0v) is 11.2. The van der Waals surface area contributed by atoms with Crippen LogP contribution in [0.4, 0.5) is 18.3 Å². The van der Waals surface area contributed by atoms with Crippen LogP contribution >= 0.6 is 11.3 Å². The lowest BCUT2D eigenvalue weighted by atomic mass is 10.4. The van der Waals surface area contributed by atoms with E-state index >= 15 is 0 Å². The number of aromatic nitrogens is 1. The van der Waals surface area contributed by atoms with E-state index in [0.29, 0.717) is 15.7 Å². The average Bonchev–Trinajstić information content (AvgIpc) is 2.67.